The fourth-order valence-electron chi connectivity index (χ4n) is 2.98. The van der Waals surface area contributed by atoms with Crippen LogP contribution in [0.1, 0.15) is 29.9 Å². The van der Waals surface area contributed by atoms with Crippen LogP contribution >= 0.6 is 0 Å². The number of pyridine rings is 1. The molecule has 7 heteroatoms. The molecule has 0 radical (unpaired) electrons. The minimum Gasteiger partial charge on any atom is -0.489 e. The van der Waals surface area contributed by atoms with E-state index < -0.39 is 0 Å². The van der Waals surface area contributed by atoms with Gasteiger partial charge in [-0.3, -0.25) is 0 Å². The fourth-order valence-corrected chi connectivity index (χ4v) is 2.98. The summed E-state index contributed by atoms with van der Waals surface area (Å²) in [6, 6.07) is 3.68. The maximum absolute atomic E-state index is 9.34. The molecular formula is C18H24N4O3. The van der Waals surface area contributed by atoms with Gasteiger partial charge in [-0.15, -0.1) is 0 Å². The molecule has 0 saturated carbocycles. The monoisotopic (exact) mass is 344 g/mol. The lowest BCUT2D eigenvalue weighted by atomic mass is 10.1. The van der Waals surface area contributed by atoms with Crippen LogP contribution in [0.4, 0.5) is 5.82 Å². The normalized spacial score (nSPS) is 15.3. The Bertz CT molecular complexity index is 713. The van der Waals surface area contributed by atoms with Crippen LogP contribution in [0.25, 0.3) is 0 Å². The molecule has 0 atom stereocenters. The van der Waals surface area contributed by atoms with Crippen molar-refractivity contribution in [1.82, 2.24) is 15.0 Å². The summed E-state index contributed by atoms with van der Waals surface area (Å²) in [5.74, 6) is 2.73. The lowest BCUT2D eigenvalue weighted by Crippen LogP contribution is -2.39. The van der Waals surface area contributed by atoms with Crippen molar-refractivity contribution in [2.75, 3.05) is 25.1 Å². The van der Waals surface area contributed by atoms with Crippen LogP contribution in [0.5, 0.6) is 11.6 Å². The summed E-state index contributed by atoms with van der Waals surface area (Å²) in [7, 11) is 1.59. The second kappa shape index (κ2) is 7.65. The van der Waals surface area contributed by atoms with E-state index in [1.165, 1.54) is 0 Å². The first kappa shape index (κ1) is 17.4. The van der Waals surface area contributed by atoms with Gasteiger partial charge in [0, 0.05) is 43.3 Å². The molecule has 25 heavy (non-hydrogen) atoms. The molecular weight excluding hydrogens is 320 g/mol. The highest BCUT2D eigenvalue weighted by Crippen LogP contribution is 2.25. The summed E-state index contributed by atoms with van der Waals surface area (Å²) in [5.41, 5.74) is 1.98. The molecule has 1 fully saturated rings. The average molecular weight is 344 g/mol. The maximum Gasteiger partial charge on any atom is 0.213 e. The predicted octanol–water partition coefficient (Wildman–Crippen LogP) is 2.04. The summed E-state index contributed by atoms with van der Waals surface area (Å²) >= 11 is 0. The summed E-state index contributed by atoms with van der Waals surface area (Å²) in [6.45, 7) is 5.55. The summed E-state index contributed by atoms with van der Waals surface area (Å²) in [6.07, 6.45) is 3.66. The number of aryl methyl sites for hydroxylation is 1. The van der Waals surface area contributed by atoms with Crippen LogP contribution in [0.15, 0.2) is 18.3 Å². The number of aliphatic hydroxyl groups is 1. The second-order valence-electron chi connectivity index (χ2n) is 6.17. The van der Waals surface area contributed by atoms with Gasteiger partial charge in [0.15, 0.2) is 5.82 Å². The first-order chi connectivity index (χ1) is 12.1. The summed E-state index contributed by atoms with van der Waals surface area (Å²) in [4.78, 5) is 15.2. The van der Waals surface area contributed by atoms with Crippen LogP contribution < -0.4 is 14.4 Å². The van der Waals surface area contributed by atoms with E-state index in [4.69, 9.17) is 9.47 Å². The predicted molar refractivity (Wildman–Crippen MR) is 94.1 cm³/mol. The Kier molecular flexibility index (Phi) is 5.33. The van der Waals surface area contributed by atoms with Gasteiger partial charge >= 0.3 is 0 Å². The molecule has 7 nitrogen and oxygen atoms in total. The van der Waals surface area contributed by atoms with E-state index >= 15 is 0 Å². The van der Waals surface area contributed by atoms with Gasteiger partial charge in [0.2, 0.25) is 5.88 Å². The third-order valence-corrected chi connectivity index (χ3v) is 4.51. The number of aromatic nitrogens is 3. The van der Waals surface area contributed by atoms with Crippen LogP contribution in [-0.2, 0) is 6.61 Å². The molecule has 134 valence electrons. The Balaban J connectivity index is 1.62. The molecule has 1 saturated heterocycles. The zero-order chi connectivity index (χ0) is 17.8. The van der Waals surface area contributed by atoms with Crippen molar-refractivity contribution in [1.29, 1.82) is 0 Å². The molecule has 3 rings (SSSR count). The standard InChI is InChI=1S/C18H24N4O3/c1-12-13(2)20-16(11-23)21-18(12)22-8-6-14(7-9-22)25-15-4-5-17(24-3)19-10-15/h4-5,10,14,23H,6-9,11H2,1-3H3. The van der Waals surface area contributed by atoms with Gasteiger partial charge in [-0.2, -0.15) is 0 Å². The van der Waals surface area contributed by atoms with E-state index in [9.17, 15) is 5.11 Å². The van der Waals surface area contributed by atoms with Crippen LogP contribution in [0.2, 0.25) is 0 Å². The fraction of sp³-hybridized carbons (Fsp3) is 0.500. The van der Waals surface area contributed by atoms with E-state index in [-0.39, 0.29) is 12.7 Å². The zero-order valence-corrected chi connectivity index (χ0v) is 14.9. The van der Waals surface area contributed by atoms with Gasteiger partial charge in [0.25, 0.3) is 0 Å². The third-order valence-electron chi connectivity index (χ3n) is 4.51. The number of hydrogen-bond donors (Lipinski definition) is 1. The van der Waals surface area contributed by atoms with Crippen molar-refractivity contribution >= 4 is 5.82 Å². The van der Waals surface area contributed by atoms with Gasteiger partial charge in [-0.25, -0.2) is 15.0 Å². The van der Waals surface area contributed by atoms with Crippen molar-refractivity contribution in [3.63, 3.8) is 0 Å². The van der Waals surface area contributed by atoms with Gasteiger partial charge in [-0.1, -0.05) is 0 Å². The molecule has 0 unspecified atom stereocenters. The van der Waals surface area contributed by atoms with E-state index in [0.29, 0.717) is 11.7 Å². The Morgan fingerprint density at radius 1 is 1.20 bits per heavy atom. The van der Waals surface area contributed by atoms with Crippen molar-refractivity contribution in [3.05, 3.63) is 35.4 Å². The third kappa shape index (κ3) is 3.99. The largest absolute Gasteiger partial charge is 0.489 e. The first-order valence-electron chi connectivity index (χ1n) is 8.47. The van der Waals surface area contributed by atoms with E-state index in [2.05, 4.69) is 19.9 Å². The Labute approximate surface area is 147 Å². The highest BCUT2D eigenvalue weighted by molar-refractivity contribution is 5.48. The number of hydrogen-bond acceptors (Lipinski definition) is 7. The van der Waals surface area contributed by atoms with Crippen molar-refractivity contribution in [2.45, 2.75) is 39.4 Å². The lowest BCUT2D eigenvalue weighted by molar-refractivity contribution is 0.169. The molecule has 1 N–H and O–H groups in total. The van der Waals surface area contributed by atoms with Crippen LogP contribution in [0, 0.1) is 13.8 Å². The zero-order valence-electron chi connectivity index (χ0n) is 14.9. The number of piperidine rings is 1. The number of ether oxygens (including phenoxy) is 2. The molecule has 0 aromatic carbocycles. The molecule has 0 bridgehead atoms. The molecule has 0 spiro atoms. The van der Waals surface area contributed by atoms with Gasteiger partial charge in [0.05, 0.1) is 13.3 Å². The Morgan fingerprint density at radius 2 is 1.96 bits per heavy atom. The van der Waals surface area contributed by atoms with Crippen molar-refractivity contribution < 1.29 is 14.6 Å². The quantitative estimate of drug-likeness (QED) is 0.889. The molecule has 2 aromatic rings. The number of aliphatic hydroxyl groups excluding tert-OH is 1. The Hall–Kier alpha value is -2.41. The van der Waals surface area contributed by atoms with Crippen LogP contribution in [0.3, 0.4) is 0 Å². The van der Waals surface area contributed by atoms with E-state index in [1.54, 1.807) is 19.4 Å². The summed E-state index contributed by atoms with van der Waals surface area (Å²) in [5, 5.41) is 9.34. The lowest BCUT2D eigenvalue weighted by Gasteiger charge is -2.34. The number of methoxy groups -OCH3 is 1. The van der Waals surface area contributed by atoms with Gasteiger partial charge in [0.1, 0.15) is 24.3 Å². The van der Waals surface area contributed by atoms with Crippen LogP contribution in [-0.4, -0.2) is 46.4 Å². The summed E-state index contributed by atoms with van der Waals surface area (Å²) < 4.78 is 11.1. The van der Waals surface area contributed by atoms with Gasteiger partial charge in [-0.05, 0) is 19.9 Å². The number of anilines is 1. The second-order valence-corrected chi connectivity index (χ2v) is 6.17. The SMILES string of the molecule is COc1ccc(OC2CCN(c3nc(CO)nc(C)c3C)CC2)cn1. The van der Waals surface area contributed by atoms with Crippen molar-refractivity contribution in [2.24, 2.45) is 0 Å². The minimum atomic E-state index is -0.141. The Morgan fingerprint density at radius 3 is 2.56 bits per heavy atom. The smallest absolute Gasteiger partial charge is 0.213 e. The number of nitrogens with zero attached hydrogens (tertiary/aromatic N) is 4. The molecule has 0 amide bonds. The first-order valence-corrected chi connectivity index (χ1v) is 8.47. The van der Waals surface area contributed by atoms with Gasteiger partial charge < -0.3 is 19.5 Å². The molecule has 1 aliphatic heterocycles. The highest BCUT2D eigenvalue weighted by Gasteiger charge is 2.23. The topological polar surface area (TPSA) is 80.6 Å². The molecule has 2 aromatic heterocycles. The maximum atomic E-state index is 9.34. The van der Waals surface area contributed by atoms with E-state index in [0.717, 1.165) is 48.8 Å². The van der Waals surface area contributed by atoms with E-state index in [1.807, 2.05) is 19.9 Å². The molecule has 0 aliphatic carbocycles. The average Bonchev–Trinajstić information content (AvgIpc) is 2.65. The van der Waals surface area contributed by atoms with Crippen molar-refractivity contribution in [3.8, 4) is 11.6 Å². The minimum absolute atomic E-state index is 0.141. The molecule has 1 aliphatic rings. The highest BCUT2D eigenvalue weighted by atomic mass is 16.5. The number of rotatable bonds is 5. The molecule has 3 heterocycles.